The molecular formula is C16H18N2O2. The molecule has 0 aliphatic carbocycles. The van der Waals surface area contributed by atoms with Crippen LogP contribution in [0.3, 0.4) is 0 Å². The minimum absolute atomic E-state index is 0.254. The second-order valence-corrected chi connectivity index (χ2v) is 4.50. The maximum Gasteiger partial charge on any atom is 0.319 e. The van der Waals surface area contributed by atoms with Gasteiger partial charge in [0.2, 0.25) is 0 Å². The van der Waals surface area contributed by atoms with E-state index >= 15 is 0 Å². The molecule has 2 aromatic rings. The van der Waals surface area contributed by atoms with Gasteiger partial charge in [0.25, 0.3) is 0 Å². The summed E-state index contributed by atoms with van der Waals surface area (Å²) >= 11 is 0. The topological polar surface area (TPSA) is 50.4 Å². The predicted octanol–water partition coefficient (Wildman–Crippen LogP) is 3.33. The Morgan fingerprint density at radius 1 is 1.15 bits per heavy atom. The zero-order chi connectivity index (χ0) is 14.4. The molecule has 0 spiro atoms. The Morgan fingerprint density at radius 3 is 2.60 bits per heavy atom. The van der Waals surface area contributed by atoms with Crippen LogP contribution in [0.25, 0.3) is 0 Å². The molecule has 0 fully saturated rings. The predicted molar refractivity (Wildman–Crippen MR) is 80.0 cm³/mol. The molecule has 2 aromatic carbocycles. The van der Waals surface area contributed by atoms with E-state index in [1.54, 1.807) is 7.11 Å². The molecule has 20 heavy (non-hydrogen) atoms. The van der Waals surface area contributed by atoms with Crippen LogP contribution in [-0.4, -0.2) is 13.1 Å². The van der Waals surface area contributed by atoms with Crippen molar-refractivity contribution in [3.63, 3.8) is 0 Å². The van der Waals surface area contributed by atoms with Crippen LogP contribution in [0.2, 0.25) is 0 Å². The fourth-order valence-corrected chi connectivity index (χ4v) is 1.85. The van der Waals surface area contributed by atoms with Crippen LogP contribution in [0.4, 0.5) is 10.5 Å². The van der Waals surface area contributed by atoms with E-state index in [1.807, 2.05) is 55.5 Å². The van der Waals surface area contributed by atoms with E-state index in [0.717, 1.165) is 11.1 Å². The molecule has 0 heterocycles. The number of rotatable bonds is 4. The first-order chi connectivity index (χ1) is 9.69. The Labute approximate surface area is 118 Å². The van der Waals surface area contributed by atoms with Crippen LogP contribution in [0.15, 0.2) is 48.5 Å². The monoisotopic (exact) mass is 270 g/mol. The number of aryl methyl sites for hydroxylation is 1. The lowest BCUT2D eigenvalue weighted by Crippen LogP contribution is -2.28. The lowest BCUT2D eigenvalue weighted by Gasteiger charge is -2.11. The molecule has 0 unspecified atom stereocenters. The van der Waals surface area contributed by atoms with Crippen LogP contribution >= 0.6 is 0 Å². The molecule has 104 valence electrons. The number of urea groups is 1. The number of methoxy groups -OCH3 is 1. The highest BCUT2D eigenvalue weighted by Gasteiger charge is 2.07. The molecule has 0 aliphatic rings. The molecule has 0 saturated heterocycles. The van der Waals surface area contributed by atoms with Crippen LogP contribution in [0, 0.1) is 6.92 Å². The third-order valence-corrected chi connectivity index (χ3v) is 2.90. The number of benzene rings is 2. The van der Waals surface area contributed by atoms with Gasteiger partial charge in [0.1, 0.15) is 5.75 Å². The van der Waals surface area contributed by atoms with Gasteiger partial charge in [0.15, 0.2) is 0 Å². The van der Waals surface area contributed by atoms with Crippen LogP contribution in [0.1, 0.15) is 11.1 Å². The number of nitrogens with one attached hydrogen (secondary N) is 2. The zero-order valence-corrected chi connectivity index (χ0v) is 11.6. The number of hydrogen-bond donors (Lipinski definition) is 2. The Kier molecular flexibility index (Phi) is 4.60. The van der Waals surface area contributed by atoms with Gasteiger partial charge in [-0.1, -0.05) is 36.4 Å². The second-order valence-electron chi connectivity index (χ2n) is 4.50. The van der Waals surface area contributed by atoms with E-state index in [4.69, 9.17) is 4.74 Å². The highest BCUT2D eigenvalue weighted by molar-refractivity contribution is 5.90. The number of ether oxygens (including phenoxy) is 1. The van der Waals surface area contributed by atoms with Crippen molar-refractivity contribution in [2.75, 3.05) is 12.4 Å². The van der Waals surface area contributed by atoms with Crippen molar-refractivity contribution >= 4 is 11.7 Å². The summed E-state index contributed by atoms with van der Waals surface area (Å²) in [7, 11) is 1.59. The summed E-state index contributed by atoms with van der Waals surface area (Å²) in [6.07, 6.45) is 0. The summed E-state index contributed by atoms with van der Waals surface area (Å²) in [6, 6.07) is 15.1. The van der Waals surface area contributed by atoms with Gasteiger partial charge in [0, 0.05) is 6.54 Å². The first-order valence-electron chi connectivity index (χ1n) is 6.42. The van der Waals surface area contributed by atoms with Gasteiger partial charge in [-0.05, 0) is 30.2 Å². The first kappa shape index (κ1) is 13.9. The maximum atomic E-state index is 11.9. The lowest BCUT2D eigenvalue weighted by atomic mass is 10.2. The van der Waals surface area contributed by atoms with Crippen LogP contribution in [0.5, 0.6) is 5.75 Å². The average Bonchev–Trinajstić information content (AvgIpc) is 2.48. The highest BCUT2D eigenvalue weighted by Crippen LogP contribution is 2.24. The molecule has 2 amide bonds. The first-order valence-corrected chi connectivity index (χ1v) is 6.42. The lowest BCUT2D eigenvalue weighted by molar-refractivity contribution is 0.251. The molecule has 0 radical (unpaired) electrons. The third-order valence-electron chi connectivity index (χ3n) is 2.90. The second kappa shape index (κ2) is 6.61. The molecule has 0 aromatic heterocycles. The SMILES string of the molecule is COc1cc(C)ccc1NC(=O)NCc1ccccc1. The summed E-state index contributed by atoms with van der Waals surface area (Å²) in [5.41, 5.74) is 2.79. The fraction of sp³-hybridized carbons (Fsp3) is 0.188. The van der Waals surface area contributed by atoms with E-state index in [9.17, 15) is 4.79 Å². The normalized spacial score (nSPS) is 9.90. The van der Waals surface area contributed by atoms with Gasteiger partial charge in [0.05, 0.1) is 12.8 Å². The van der Waals surface area contributed by atoms with Crippen molar-refractivity contribution in [2.45, 2.75) is 13.5 Å². The van der Waals surface area contributed by atoms with E-state index in [1.165, 1.54) is 0 Å². The molecule has 0 bridgehead atoms. The number of anilines is 1. The maximum absolute atomic E-state index is 11.9. The van der Waals surface area contributed by atoms with Crippen molar-refractivity contribution < 1.29 is 9.53 Å². The zero-order valence-electron chi connectivity index (χ0n) is 11.6. The Bertz CT molecular complexity index is 582. The molecule has 4 nitrogen and oxygen atoms in total. The quantitative estimate of drug-likeness (QED) is 0.895. The Balaban J connectivity index is 1.95. The fourth-order valence-electron chi connectivity index (χ4n) is 1.85. The smallest absolute Gasteiger partial charge is 0.319 e. The van der Waals surface area contributed by atoms with Crippen molar-refractivity contribution in [1.29, 1.82) is 0 Å². The van der Waals surface area contributed by atoms with Crippen molar-refractivity contribution in [3.05, 3.63) is 59.7 Å². The van der Waals surface area contributed by atoms with Gasteiger partial charge < -0.3 is 15.4 Å². The summed E-state index contributed by atoms with van der Waals surface area (Å²) in [5, 5.41) is 5.59. The Hall–Kier alpha value is -2.49. The highest BCUT2D eigenvalue weighted by atomic mass is 16.5. The minimum atomic E-state index is -0.254. The third kappa shape index (κ3) is 3.75. The van der Waals surface area contributed by atoms with E-state index in [-0.39, 0.29) is 6.03 Å². The molecule has 0 atom stereocenters. The average molecular weight is 270 g/mol. The molecule has 2 rings (SSSR count). The van der Waals surface area contributed by atoms with Crippen molar-refractivity contribution in [3.8, 4) is 5.75 Å². The van der Waals surface area contributed by atoms with Gasteiger partial charge in [-0.3, -0.25) is 0 Å². The summed E-state index contributed by atoms with van der Waals surface area (Å²) in [6.45, 7) is 2.46. The minimum Gasteiger partial charge on any atom is -0.495 e. The summed E-state index contributed by atoms with van der Waals surface area (Å²) in [4.78, 5) is 11.9. The van der Waals surface area contributed by atoms with Gasteiger partial charge in [-0.2, -0.15) is 0 Å². The van der Waals surface area contributed by atoms with Crippen molar-refractivity contribution in [1.82, 2.24) is 5.32 Å². The van der Waals surface area contributed by atoms with Crippen LogP contribution < -0.4 is 15.4 Å². The molecule has 0 saturated carbocycles. The van der Waals surface area contributed by atoms with Gasteiger partial charge in [-0.15, -0.1) is 0 Å². The number of amides is 2. The van der Waals surface area contributed by atoms with E-state index in [0.29, 0.717) is 18.0 Å². The van der Waals surface area contributed by atoms with Crippen molar-refractivity contribution in [2.24, 2.45) is 0 Å². The number of carbonyl (C=O) groups excluding carboxylic acids is 1. The molecule has 2 N–H and O–H groups in total. The molecule has 0 aliphatic heterocycles. The van der Waals surface area contributed by atoms with E-state index < -0.39 is 0 Å². The standard InChI is InChI=1S/C16H18N2O2/c1-12-8-9-14(15(10-12)20-2)18-16(19)17-11-13-6-4-3-5-7-13/h3-10H,11H2,1-2H3,(H2,17,18,19). The van der Waals surface area contributed by atoms with Gasteiger partial charge >= 0.3 is 6.03 Å². The molecular weight excluding hydrogens is 252 g/mol. The van der Waals surface area contributed by atoms with E-state index in [2.05, 4.69) is 10.6 Å². The summed E-state index contributed by atoms with van der Waals surface area (Å²) in [5.74, 6) is 0.653. The number of hydrogen-bond acceptors (Lipinski definition) is 2. The van der Waals surface area contributed by atoms with Crippen LogP contribution in [-0.2, 0) is 6.54 Å². The summed E-state index contributed by atoms with van der Waals surface area (Å²) < 4.78 is 5.25. The number of carbonyl (C=O) groups is 1. The Morgan fingerprint density at radius 2 is 1.90 bits per heavy atom. The largest absolute Gasteiger partial charge is 0.495 e. The van der Waals surface area contributed by atoms with Gasteiger partial charge in [-0.25, -0.2) is 4.79 Å². The molecule has 4 heteroatoms.